The predicted octanol–water partition coefficient (Wildman–Crippen LogP) is 1.52. The molecule has 4 nitrogen and oxygen atoms in total. The third-order valence-electron chi connectivity index (χ3n) is 4.71. The summed E-state index contributed by atoms with van der Waals surface area (Å²) in [6.45, 7) is 4.95. The third-order valence-corrected chi connectivity index (χ3v) is 4.71. The first-order valence-electron chi connectivity index (χ1n) is 8.09. The summed E-state index contributed by atoms with van der Waals surface area (Å²) in [5, 5.41) is 13.1. The Morgan fingerprint density at radius 1 is 1.24 bits per heavy atom. The Kier molecular flexibility index (Phi) is 5.25. The minimum atomic E-state index is 0.278. The first-order valence-corrected chi connectivity index (χ1v) is 8.09. The molecule has 3 rings (SSSR count). The maximum absolute atomic E-state index is 9.46. The standard InChI is InChI=1S/C17H26N2O2/c20-12-17-6-3-8-19(17)11-15-5-2-1-4-14(15)10-18-16-7-9-21-13-16/h1-2,4-5,16-18,20H,3,6-13H2. The molecule has 0 saturated carbocycles. The highest BCUT2D eigenvalue weighted by molar-refractivity contribution is 5.27. The van der Waals surface area contributed by atoms with E-state index in [0.29, 0.717) is 12.1 Å². The van der Waals surface area contributed by atoms with Gasteiger partial charge in [0.1, 0.15) is 0 Å². The van der Waals surface area contributed by atoms with Crippen molar-refractivity contribution in [2.45, 2.75) is 44.4 Å². The summed E-state index contributed by atoms with van der Waals surface area (Å²) in [5.41, 5.74) is 2.75. The van der Waals surface area contributed by atoms with Crippen molar-refractivity contribution in [2.75, 3.05) is 26.4 Å². The van der Waals surface area contributed by atoms with Crippen molar-refractivity contribution < 1.29 is 9.84 Å². The van der Waals surface area contributed by atoms with Gasteiger partial charge in [-0.25, -0.2) is 0 Å². The van der Waals surface area contributed by atoms with E-state index in [1.807, 2.05) is 0 Å². The second-order valence-corrected chi connectivity index (χ2v) is 6.16. The van der Waals surface area contributed by atoms with Crippen LogP contribution in [0.5, 0.6) is 0 Å². The van der Waals surface area contributed by atoms with Crippen molar-refractivity contribution in [1.29, 1.82) is 0 Å². The number of aliphatic hydroxyl groups excluding tert-OH is 1. The number of nitrogens with zero attached hydrogens (tertiary/aromatic N) is 1. The van der Waals surface area contributed by atoms with Crippen LogP contribution in [0.2, 0.25) is 0 Å². The molecular formula is C17H26N2O2. The zero-order chi connectivity index (χ0) is 14.5. The van der Waals surface area contributed by atoms with Gasteiger partial charge in [-0.2, -0.15) is 0 Å². The van der Waals surface area contributed by atoms with E-state index in [9.17, 15) is 5.11 Å². The van der Waals surface area contributed by atoms with Gasteiger partial charge in [-0.15, -0.1) is 0 Å². The van der Waals surface area contributed by atoms with Gasteiger partial charge in [-0.05, 0) is 36.9 Å². The van der Waals surface area contributed by atoms with Crippen LogP contribution in [0.1, 0.15) is 30.4 Å². The number of hydrogen-bond donors (Lipinski definition) is 2. The van der Waals surface area contributed by atoms with Crippen LogP contribution < -0.4 is 5.32 Å². The number of benzene rings is 1. The minimum Gasteiger partial charge on any atom is -0.395 e. The summed E-state index contributed by atoms with van der Waals surface area (Å²) in [6, 6.07) is 9.49. The van der Waals surface area contributed by atoms with Gasteiger partial charge in [0.15, 0.2) is 0 Å². The van der Waals surface area contributed by atoms with Crippen molar-refractivity contribution >= 4 is 0 Å². The molecule has 2 atom stereocenters. The minimum absolute atomic E-state index is 0.278. The summed E-state index contributed by atoms with van der Waals surface area (Å²) in [4.78, 5) is 2.41. The lowest BCUT2D eigenvalue weighted by Gasteiger charge is -2.24. The highest BCUT2D eigenvalue weighted by atomic mass is 16.5. The molecule has 2 aliphatic heterocycles. The maximum atomic E-state index is 9.46. The molecule has 4 heteroatoms. The Labute approximate surface area is 127 Å². The number of aliphatic hydroxyl groups is 1. The lowest BCUT2D eigenvalue weighted by molar-refractivity contribution is 0.153. The monoisotopic (exact) mass is 290 g/mol. The molecule has 0 bridgehead atoms. The number of ether oxygens (including phenoxy) is 1. The Morgan fingerprint density at radius 2 is 2.10 bits per heavy atom. The number of likely N-dealkylation sites (tertiary alicyclic amines) is 1. The van der Waals surface area contributed by atoms with Crippen molar-refractivity contribution in [3.05, 3.63) is 35.4 Å². The largest absolute Gasteiger partial charge is 0.395 e. The average molecular weight is 290 g/mol. The Hall–Kier alpha value is -0.940. The fourth-order valence-corrected chi connectivity index (χ4v) is 3.36. The van der Waals surface area contributed by atoms with Crippen molar-refractivity contribution in [1.82, 2.24) is 10.2 Å². The van der Waals surface area contributed by atoms with Crippen LogP contribution in [0.25, 0.3) is 0 Å². The van der Waals surface area contributed by atoms with Crippen LogP contribution in [-0.4, -0.2) is 48.5 Å². The fraction of sp³-hybridized carbons (Fsp3) is 0.647. The summed E-state index contributed by atoms with van der Waals surface area (Å²) in [5.74, 6) is 0. The smallest absolute Gasteiger partial charge is 0.0620 e. The summed E-state index contributed by atoms with van der Waals surface area (Å²) >= 11 is 0. The van der Waals surface area contributed by atoms with Gasteiger partial charge in [0, 0.05) is 31.8 Å². The van der Waals surface area contributed by atoms with Crippen LogP contribution in [0, 0.1) is 0 Å². The van der Waals surface area contributed by atoms with Gasteiger partial charge in [0.25, 0.3) is 0 Å². The molecule has 0 aliphatic carbocycles. The fourth-order valence-electron chi connectivity index (χ4n) is 3.36. The van der Waals surface area contributed by atoms with Gasteiger partial charge >= 0.3 is 0 Å². The Bertz CT molecular complexity index is 446. The van der Waals surface area contributed by atoms with E-state index in [2.05, 4.69) is 34.5 Å². The molecule has 2 saturated heterocycles. The summed E-state index contributed by atoms with van der Waals surface area (Å²) in [7, 11) is 0. The van der Waals surface area contributed by atoms with Crippen LogP contribution in [-0.2, 0) is 17.8 Å². The second-order valence-electron chi connectivity index (χ2n) is 6.16. The van der Waals surface area contributed by atoms with E-state index < -0.39 is 0 Å². The highest BCUT2D eigenvalue weighted by Gasteiger charge is 2.24. The van der Waals surface area contributed by atoms with E-state index in [0.717, 1.165) is 45.7 Å². The normalized spacial score (nSPS) is 26.5. The van der Waals surface area contributed by atoms with E-state index >= 15 is 0 Å². The molecule has 2 fully saturated rings. The third kappa shape index (κ3) is 3.83. The van der Waals surface area contributed by atoms with Crippen LogP contribution >= 0.6 is 0 Å². The van der Waals surface area contributed by atoms with E-state index in [1.54, 1.807) is 0 Å². The molecule has 1 aromatic carbocycles. The molecule has 1 aromatic rings. The van der Waals surface area contributed by atoms with Crippen LogP contribution in [0.3, 0.4) is 0 Å². The van der Waals surface area contributed by atoms with Gasteiger partial charge in [0.2, 0.25) is 0 Å². The van der Waals surface area contributed by atoms with Crippen molar-refractivity contribution in [3.8, 4) is 0 Å². The van der Waals surface area contributed by atoms with Gasteiger partial charge in [-0.1, -0.05) is 24.3 Å². The highest BCUT2D eigenvalue weighted by Crippen LogP contribution is 2.21. The maximum Gasteiger partial charge on any atom is 0.0620 e. The average Bonchev–Trinajstić information content (AvgIpc) is 3.17. The molecule has 0 spiro atoms. The lowest BCUT2D eigenvalue weighted by atomic mass is 10.1. The van der Waals surface area contributed by atoms with Crippen LogP contribution in [0.15, 0.2) is 24.3 Å². The summed E-state index contributed by atoms with van der Waals surface area (Å²) < 4.78 is 5.41. The van der Waals surface area contributed by atoms with Crippen molar-refractivity contribution in [2.24, 2.45) is 0 Å². The van der Waals surface area contributed by atoms with E-state index in [4.69, 9.17) is 4.74 Å². The topological polar surface area (TPSA) is 44.7 Å². The number of nitrogens with one attached hydrogen (secondary N) is 1. The first kappa shape index (κ1) is 15.0. The molecule has 2 heterocycles. The lowest BCUT2D eigenvalue weighted by Crippen LogP contribution is -2.33. The molecule has 2 N–H and O–H groups in total. The molecule has 0 aromatic heterocycles. The Morgan fingerprint density at radius 3 is 2.86 bits per heavy atom. The van der Waals surface area contributed by atoms with Gasteiger partial charge in [-0.3, -0.25) is 4.90 Å². The molecular weight excluding hydrogens is 264 g/mol. The zero-order valence-electron chi connectivity index (χ0n) is 12.6. The predicted molar refractivity (Wildman–Crippen MR) is 83.0 cm³/mol. The molecule has 0 radical (unpaired) electrons. The van der Waals surface area contributed by atoms with E-state index in [1.165, 1.54) is 17.5 Å². The molecule has 0 amide bonds. The van der Waals surface area contributed by atoms with Gasteiger partial charge in [0.05, 0.1) is 13.2 Å². The molecule has 116 valence electrons. The number of hydrogen-bond acceptors (Lipinski definition) is 4. The quantitative estimate of drug-likeness (QED) is 0.834. The van der Waals surface area contributed by atoms with Crippen molar-refractivity contribution in [3.63, 3.8) is 0 Å². The SMILES string of the molecule is OCC1CCCN1Cc1ccccc1CNC1CCOC1. The second kappa shape index (κ2) is 7.36. The Balaban J connectivity index is 1.61. The number of rotatable bonds is 6. The van der Waals surface area contributed by atoms with E-state index in [-0.39, 0.29) is 6.61 Å². The zero-order valence-corrected chi connectivity index (χ0v) is 12.6. The first-order chi connectivity index (χ1) is 10.4. The molecule has 21 heavy (non-hydrogen) atoms. The summed E-state index contributed by atoms with van der Waals surface area (Å²) in [6.07, 6.45) is 3.43. The molecule has 2 aliphatic rings. The van der Waals surface area contributed by atoms with Gasteiger partial charge < -0.3 is 15.2 Å². The van der Waals surface area contributed by atoms with Crippen LogP contribution in [0.4, 0.5) is 0 Å². The molecule has 2 unspecified atom stereocenters.